The van der Waals surface area contributed by atoms with E-state index >= 15 is 0 Å². The number of hydrogen-bond donors (Lipinski definition) is 0. The van der Waals surface area contributed by atoms with E-state index in [1.807, 2.05) is 6.07 Å². The fourth-order valence-electron chi connectivity index (χ4n) is 2.32. The molecule has 16 heavy (non-hydrogen) atoms. The monoisotopic (exact) mass is 220 g/mol. The van der Waals surface area contributed by atoms with Gasteiger partial charge in [0.25, 0.3) is 0 Å². The number of anilines is 1. The van der Waals surface area contributed by atoms with Gasteiger partial charge >= 0.3 is 0 Å². The van der Waals surface area contributed by atoms with E-state index in [-0.39, 0.29) is 0 Å². The Bertz CT molecular complexity index is 365. The number of pyridine rings is 1. The molecular formula is C13H20N2O. The maximum absolute atomic E-state index is 5.19. The standard InChI is InChI=1S/C13H20N2O/c1-10-5-4-8-15(9-10)13-11(2)6-7-12(14-13)16-3/h6-7,10H,4-5,8-9H2,1-3H3. The van der Waals surface area contributed by atoms with Crippen molar-refractivity contribution < 1.29 is 4.74 Å². The molecule has 2 heterocycles. The van der Waals surface area contributed by atoms with Gasteiger partial charge in [-0.05, 0) is 31.2 Å². The normalized spacial score (nSPS) is 20.9. The molecule has 1 unspecified atom stereocenters. The fraction of sp³-hybridized carbons (Fsp3) is 0.615. The summed E-state index contributed by atoms with van der Waals surface area (Å²) in [7, 11) is 1.67. The lowest BCUT2D eigenvalue weighted by Crippen LogP contribution is -2.35. The highest BCUT2D eigenvalue weighted by Crippen LogP contribution is 2.25. The van der Waals surface area contributed by atoms with Gasteiger partial charge in [-0.25, -0.2) is 0 Å². The van der Waals surface area contributed by atoms with Crippen LogP contribution in [0.1, 0.15) is 25.3 Å². The number of rotatable bonds is 2. The van der Waals surface area contributed by atoms with Crippen LogP contribution in [0.4, 0.5) is 5.82 Å². The highest BCUT2D eigenvalue weighted by molar-refractivity contribution is 5.48. The quantitative estimate of drug-likeness (QED) is 0.766. The van der Waals surface area contributed by atoms with Gasteiger partial charge < -0.3 is 9.64 Å². The van der Waals surface area contributed by atoms with E-state index in [4.69, 9.17) is 4.74 Å². The number of nitrogens with zero attached hydrogens (tertiary/aromatic N) is 2. The molecule has 1 saturated heterocycles. The molecule has 1 atom stereocenters. The summed E-state index contributed by atoms with van der Waals surface area (Å²) in [4.78, 5) is 6.93. The Kier molecular flexibility index (Phi) is 3.32. The lowest BCUT2D eigenvalue weighted by molar-refractivity contribution is 0.395. The van der Waals surface area contributed by atoms with Gasteiger partial charge in [0.15, 0.2) is 0 Å². The van der Waals surface area contributed by atoms with E-state index in [0.717, 1.165) is 24.8 Å². The van der Waals surface area contributed by atoms with Crippen LogP contribution in [0, 0.1) is 12.8 Å². The van der Waals surface area contributed by atoms with Gasteiger partial charge in [-0.2, -0.15) is 4.98 Å². The summed E-state index contributed by atoms with van der Waals surface area (Å²) in [5.41, 5.74) is 1.23. The zero-order chi connectivity index (χ0) is 11.5. The van der Waals surface area contributed by atoms with Gasteiger partial charge in [0, 0.05) is 19.2 Å². The molecule has 0 aliphatic carbocycles. The largest absolute Gasteiger partial charge is 0.481 e. The minimum absolute atomic E-state index is 0.707. The van der Waals surface area contributed by atoms with Crippen LogP contribution >= 0.6 is 0 Å². The minimum atomic E-state index is 0.707. The number of aromatic nitrogens is 1. The summed E-state index contributed by atoms with van der Waals surface area (Å²) in [6, 6.07) is 4.01. The first-order valence-electron chi connectivity index (χ1n) is 5.97. The Labute approximate surface area is 97.4 Å². The second-order valence-corrected chi connectivity index (χ2v) is 4.69. The Morgan fingerprint density at radius 3 is 2.94 bits per heavy atom. The second kappa shape index (κ2) is 4.73. The molecule has 0 amide bonds. The second-order valence-electron chi connectivity index (χ2n) is 4.69. The summed E-state index contributed by atoms with van der Waals surface area (Å²) < 4.78 is 5.19. The molecule has 0 aromatic carbocycles. The van der Waals surface area contributed by atoms with Crippen LogP contribution in [-0.4, -0.2) is 25.2 Å². The van der Waals surface area contributed by atoms with Crippen molar-refractivity contribution in [2.75, 3.05) is 25.1 Å². The number of methoxy groups -OCH3 is 1. The van der Waals surface area contributed by atoms with Crippen LogP contribution in [-0.2, 0) is 0 Å². The lowest BCUT2D eigenvalue weighted by Gasteiger charge is -2.32. The van der Waals surface area contributed by atoms with Crippen LogP contribution in [0.25, 0.3) is 0 Å². The summed E-state index contributed by atoms with van der Waals surface area (Å²) in [5.74, 6) is 2.56. The molecule has 0 N–H and O–H groups in total. The molecule has 3 heteroatoms. The molecule has 1 aromatic rings. The van der Waals surface area contributed by atoms with E-state index in [1.165, 1.54) is 18.4 Å². The molecule has 0 radical (unpaired) electrons. The van der Waals surface area contributed by atoms with Crippen LogP contribution in [0.15, 0.2) is 12.1 Å². The summed E-state index contributed by atoms with van der Waals surface area (Å²) in [6.07, 6.45) is 2.60. The molecule has 1 aliphatic heterocycles. The van der Waals surface area contributed by atoms with E-state index in [9.17, 15) is 0 Å². The van der Waals surface area contributed by atoms with Crippen molar-refractivity contribution in [1.82, 2.24) is 4.98 Å². The third kappa shape index (κ3) is 2.29. The van der Waals surface area contributed by atoms with Crippen molar-refractivity contribution in [3.63, 3.8) is 0 Å². The molecular weight excluding hydrogens is 200 g/mol. The summed E-state index contributed by atoms with van der Waals surface area (Å²) in [6.45, 7) is 6.65. The SMILES string of the molecule is COc1ccc(C)c(N2CCCC(C)C2)n1. The molecule has 0 saturated carbocycles. The van der Waals surface area contributed by atoms with Gasteiger partial charge in [0.05, 0.1) is 7.11 Å². The zero-order valence-electron chi connectivity index (χ0n) is 10.4. The highest BCUT2D eigenvalue weighted by atomic mass is 16.5. The van der Waals surface area contributed by atoms with E-state index in [2.05, 4.69) is 29.8 Å². The third-order valence-corrected chi connectivity index (χ3v) is 3.21. The van der Waals surface area contributed by atoms with Crippen molar-refractivity contribution in [2.24, 2.45) is 5.92 Å². The maximum Gasteiger partial charge on any atom is 0.214 e. The molecule has 0 spiro atoms. The fourth-order valence-corrected chi connectivity index (χ4v) is 2.32. The first-order chi connectivity index (χ1) is 7.70. The van der Waals surface area contributed by atoms with Crippen molar-refractivity contribution in [1.29, 1.82) is 0 Å². The number of piperidine rings is 1. The predicted molar refractivity (Wildman–Crippen MR) is 66.1 cm³/mol. The minimum Gasteiger partial charge on any atom is -0.481 e. The van der Waals surface area contributed by atoms with Gasteiger partial charge in [0.2, 0.25) is 5.88 Å². The third-order valence-electron chi connectivity index (χ3n) is 3.21. The van der Waals surface area contributed by atoms with Gasteiger partial charge in [-0.15, -0.1) is 0 Å². The predicted octanol–water partition coefficient (Wildman–Crippen LogP) is 2.63. The first-order valence-corrected chi connectivity index (χ1v) is 5.97. The summed E-state index contributed by atoms with van der Waals surface area (Å²) in [5, 5.41) is 0. The maximum atomic E-state index is 5.19. The molecule has 88 valence electrons. The molecule has 3 nitrogen and oxygen atoms in total. The Morgan fingerprint density at radius 2 is 2.25 bits per heavy atom. The zero-order valence-corrected chi connectivity index (χ0v) is 10.4. The Balaban J connectivity index is 2.24. The molecule has 1 aliphatic rings. The molecule has 0 bridgehead atoms. The number of aryl methyl sites for hydroxylation is 1. The van der Waals surface area contributed by atoms with E-state index in [0.29, 0.717) is 5.88 Å². The van der Waals surface area contributed by atoms with Gasteiger partial charge in [0.1, 0.15) is 5.82 Å². The van der Waals surface area contributed by atoms with Gasteiger partial charge in [-0.1, -0.05) is 13.0 Å². The Hall–Kier alpha value is -1.25. The van der Waals surface area contributed by atoms with Crippen molar-refractivity contribution in [2.45, 2.75) is 26.7 Å². The van der Waals surface area contributed by atoms with Crippen LogP contribution in [0.3, 0.4) is 0 Å². The topological polar surface area (TPSA) is 25.4 Å². The molecule has 1 aromatic heterocycles. The average Bonchev–Trinajstić information content (AvgIpc) is 2.30. The lowest BCUT2D eigenvalue weighted by atomic mass is 10.00. The molecule has 1 fully saturated rings. The first kappa shape index (κ1) is 11.2. The van der Waals surface area contributed by atoms with Crippen molar-refractivity contribution in [3.8, 4) is 5.88 Å². The van der Waals surface area contributed by atoms with E-state index < -0.39 is 0 Å². The van der Waals surface area contributed by atoms with Crippen molar-refractivity contribution in [3.05, 3.63) is 17.7 Å². The van der Waals surface area contributed by atoms with Crippen molar-refractivity contribution >= 4 is 5.82 Å². The average molecular weight is 220 g/mol. The highest BCUT2D eigenvalue weighted by Gasteiger charge is 2.19. The number of ether oxygens (including phenoxy) is 1. The van der Waals surface area contributed by atoms with Gasteiger partial charge in [-0.3, -0.25) is 0 Å². The summed E-state index contributed by atoms with van der Waals surface area (Å²) >= 11 is 0. The van der Waals surface area contributed by atoms with E-state index in [1.54, 1.807) is 7.11 Å². The van der Waals surface area contributed by atoms with Crippen LogP contribution in [0.2, 0.25) is 0 Å². The van der Waals surface area contributed by atoms with Crippen LogP contribution in [0.5, 0.6) is 5.88 Å². The number of hydrogen-bond acceptors (Lipinski definition) is 3. The van der Waals surface area contributed by atoms with Crippen LogP contribution < -0.4 is 9.64 Å². The molecule has 2 rings (SSSR count). The Morgan fingerprint density at radius 1 is 1.44 bits per heavy atom. The smallest absolute Gasteiger partial charge is 0.214 e.